The highest BCUT2D eigenvalue weighted by Crippen LogP contribution is 2.24. The lowest BCUT2D eigenvalue weighted by atomic mass is 10.2. The summed E-state index contributed by atoms with van der Waals surface area (Å²) in [5, 5.41) is 0. The average molecular weight is 306 g/mol. The number of aromatic nitrogens is 1. The predicted molar refractivity (Wildman–Crippen MR) is 78.0 cm³/mol. The summed E-state index contributed by atoms with van der Waals surface area (Å²) in [4.78, 5) is 6.53. The average Bonchev–Trinajstić information content (AvgIpc) is 2.36. The molecule has 2 rings (SSSR count). The van der Waals surface area contributed by atoms with Gasteiger partial charge < -0.3 is 5.73 Å². The second-order valence-corrected chi connectivity index (χ2v) is 5.11. The molecule has 1 aromatic heterocycles. The van der Waals surface area contributed by atoms with Crippen molar-refractivity contribution in [2.75, 3.05) is 12.8 Å². The van der Waals surface area contributed by atoms with Crippen molar-refractivity contribution in [3.05, 3.63) is 58.3 Å². The largest absolute Gasteiger partial charge is 0.398 e. The predicted octanol–water partition coefficient (Wildman–Crippen LogP) is 3.06. The zero-order valence-corrected chi connectivity index (χ0v) is 11.9. The van der Waals surface area contributed by atoms with Gasteiger partial charge in [-0.25, -0.2) is 0 Å². The van der Waals surface area contributed by atoms with E-state index in [2.05, 4.69) is 38.9 Å². The molecule has 0 aliphatic carbocycles. The molecule has 0 bridgehead atoms. The van der Waals surface area contributed by atoms with Gasteiger partial charge in [-0.1, -0.05) is 18.2 Å². The van der Waals surface area contributed by atoms with E-state index in [0.29, 0.717) is 0 Å². The normalized spacial score (nSPS) is 10.8. The minimum atomic E-state index is 0.777. The standard InChI is InChI=1S/C14H16BrN3/c1-18(10-12-6-2-3-8-17-12)9-11-5-4-7-13(16)14(11)15/h2-8H,9-10,16H2,1H3. The van der Waals surface area contributed by atoms with Gasteiger partial charge in [-0.15, -0.1) is 0 Å². The first-order valence-corrected chi connectivity index (χ1v) is 6.57. The van der Waals surface area contributed by atoms with Crippen LogP contribution >= 0.6 is 15.9 Å². The molecule has 0 radical (unpaired) electrons. The second kappa shape index (κ2) is 5.98. The molecule has 1 heterocycles. The molecule has 0 amide bonds. The van der Waals surface area contributed by atoms with E-state index in [-0.39, 0.29) is 0 Å². The van der Waals surface area contributed by atoms with Gasteiger partial charge in [-0.05, 0) is 46.7 Å². The Hall–Kier alpha value is -1.39. The van der Waals surface area contributed by atoms with Crippen LogP contribution in [0.1, 0.15) is 11.3 Å². The Morgan fingerprint density at radius 2 is 2.00 bits per heavy atom. The van der Waals surface area contributed by atoms with Crippen LogP contribution in [0, 0.1) is 0 Å². The van der Waals surface area contributed by atoms with Crippen LogP contribution in [0.5, 0.6) is 0 Å². The highest BCUT2D eigenvalue weighted by Gasteiger charge is 2.07. The van der Waals surface area contributed by atoms with Crippen LogP contribution in [0.4, 0.5) is 5.69 Å². The summed E-state index contributed by atoms with van der Waals surface area (Å²) < 4.78 is 0.984. The fraction of sp³-hybridized carbons (Fsp3) is 0.214. The fourth-order valence-corrected chi connectivity index (χ4v) is 2.23. The van der Waals surface area contributed by atoms with E-state index < -0.39 is 0 Å². The molecule has 94 valence electrons. The van der Waals surface area contributed by atoms with Gasteiger partial charge in [0, 0.05) is 29.4 Å². The number of anilines is 1. The van der Waals surface area contributed by atoms with Crippen molar-refractivity contribution in [3.63, 3.8) is 0 Å². The van der Waals surface area contributed by atoms with E-state index in [4.69, 9.17) is 5.73 Å². The molecular weight excluding hydrogens is 290 g/mol. The third-order valence-electron chi connectivity index (χ3n) is 2.71. The van der Waals surface area contributed by atoms with E-state index in [1.165, 1.54) is 5.56 Å². The van der Waals surface area contributed by atoms with Crippen molar-refractivity contribution in [1.82, 2.24) is 9.88 Å². The molecule has 18 heavy (non-hydrogen) atoms. The highest BCUT2D eigenvalue weighted by molar-refractivity contribution is 9.10. The van der Waals surface area contributed by atoms with Crippen LogP contribution in [0.25, 0.3) is 0 Å². The molecule has 4 heteroatoms. The Bertz CT molecular complexity index is 514. The molecule has 0 saturated heterocycles. The van der Waals surface area contributed by atoms with E-state index >= 15 is 0 Å². The summed E-state index contributed by atoms with van der Waals surface area (Å²) in [6, 6.07) is 11.9. The van der Waals surface area contributed by atoms with E-state index in [1.807, 2.05) is 36.5 Å². The number of pyridine rings is 1. The SMILES string of the molecule is CN(Cc1ccccn1)Cc1cccc(N)c1Br. The summed E-state index contributed by atoms with van der Waals surface area (Å²) in [6.07, 6.45) is 1.82. The quantitative estimate of drug-likeness (QED) is 0.883. The van der Waals surface area contributed by atoms with Gasteiger partial charge in [0.25, 0.3) is 0 Å². The summed E-state index contributed by atoms with van der Waals surface area (Å²) >= 11 is 3.53. The third-order valence-corrected chi connectivity index (χ3v) is 3.67. The van der Waals surface area contributed by atoms with Crippen molar-refractivity contribution in [1.29, 1.82) is 0 Å². The summed E-state index contributed by atoms with van der Waals surface area (Å²) in [6.45, 7) is 1.66. The molecular formula is C14H16BrN3. The maximum absolute atomic E-state index is 5.87. The van der Waals surface area contributed by atoms with Gasteiger partial charge in [0.2, 0.25) is 0 Å². The number of nitrogens with zero attached hydrogens (tertiary/aromatic N) is 2. The number of halogens is 1. The number of rotatable bonds is 4. The molecule has 0 unspecified atom stereocenters. The lowest BCUT2D eigenvalue weighted by molar-refractivity contribution is 0.314. The highest BCUT2D eigenvalue weighted by atomic mass is 79.9. The van der Waals surface area contributed by atoms with E-state index in [9.17, 15) is 0 Å². The van der Waals surface area contributed by atoms with Gasteiger partial charge in [-0.3, -0.25) is 9.88 Å². The van der Waals surface area contributed by atoms with Gasteiger partial charge >= 0.3 is 0 Å². The van der Waals surface area contributed by atoms with E-state index in [0.717, 1.165) is 28.9 Å². The van der Waals surface area contributed by atoms with Crippen molar-refractivity contribution >= 4 is 21.6 Å². The van der Waals surface area contributed by atoms with E-state index in [1.54, 1.807) is 0 Å². The van der Waals surface area contributed by atoms with Crippen LogP contribution < -0.4 is 5.73 Å². The fourth-order valence-electron chi connectivity index (χ4n) is 1.84. The minimum absolute atomic E-state index is 0.777. The van der Waals surface area contributed by atoms with Crippen LogP contribution in [0.15, 0.2) is 47.1 Å². The van der Waals surface area contributed by atoms with Crippen LogP contribution in [0.3, 0.4) is 0 Å². The van der Waals surface area contributed by atoms with Crippen molar-refractivity contribution in [2.45, 2.75) is 13.1 Å². The topological polar surface area (TPSA) is 42.2 Å². The number of nitrogens with two attached hydrogens (primary N) is 1. The first-order chi connectivity index (χ1) is 8.66. The molecule has 3 nitrogen and oxygen atoms in total. The zero-order valence-electron chi connectivity index (χ0n) is 10.3. The molecule has 1 aromatic carbocycles. The lowest BCUT2D eigenvalue weighted by Crippen LogP contribution is -2.18. The Balaban J connectivity index is 2.03. The Morgan fingerprint density at radius 3 is 2.72 bits per heavy atom. The van der Waals surface area contributed by atoms with Gasteiger partial charge in [0.05, 0.1) is 5.69 Å². The first kappa shape index (κ1) is 13.1. The van der Waals surface area contributed by atoms with Crippen molar-refractivity contribution in [3.8, 4) is 0 Å². The van der Waals surface area contributed by atoms with Crippen molar-refractivity contribution in [2.24, 2.45) is 0 Å². The molecule has 0 spiro atoms. The molecule has 0 saturated carbocycles. The Morgan fingerprint density at radius 1 is 1.17 bits per heavy atom. The Labute approximate surface area is 116 Å². The molecule has 0 fully saturated rings. The van der Waals surface area contributed by atoms with Crippen LogP contribution in [0.2, 0.25) is 0 Å². The molecule has 0 aliphatic heterocycles. The third kappa shape index (κ3) is 3.31. The molecule has 2 aromatic rings. The number of benzene rings is 1. The van der Waals surface area contributed by atoms with Gasteiger partial charge in [0.1, 0.15) is 0 Å². The summed E-state index contributed by atoms with van der Waals surface area (Å²) in [7, 11) is 2.07. The maximum Gasteiger partial charge on any atom is 0.0543 e. The Kier molecular flexibility index (Phi) is 4.33. The zero-order chi connectivity index (χ0) is 13.0. The number of nitrogen functional groups attached to an aromatic ring is 1. The van der Waals surface area contributed by atoms with Gasteiger partial charge in [-0.2, -0.15) is 0 Å². The molecule has 2 N–H and O–H groups in total. The molecule has 0 atom stereocenters. The summed E-state index contributed by atoms with van der Waals surface area (Å²) in [5.74, 6) is 0. The first-order valence-electron chi connectivity index (χ1n) is 5.78. The maximum atomic E-state index is 5.87. The minimum Gasteiger partial charge on any atom is -0.398 e. The number of hydrogen-bond acceptors (Lipinski definition) is 3. The summed E-state index contributed by atoms with van der Waals surface area (Å²) in [5.41, 5.74) is 8.91. The lowest BCUT2D eigenvalue weighted by Gasteiger charge is -2.17. The van der Waals surface area contributed by atoms with Crippen LogP contribution in [-0.2, 0) is 13.1 Å². The number of hydrogen-bond donors (Lipinski definition) is 1. The second-order valence-electron chi connectivity index (χ2n) is 4.31. The monoisotopic (exact) mass is 305 g/mol. The van der Waals surface area contributed by atoms with Crippen LogP contribution in [-0.4, -0.2) is 16.9 Å². The van der Waals surface area contributed by atoms with Crippen molar-refractivity contribution < 1.29 is 0 Å². The van der Waals surface area contributed by atoms with Gasteiger partial charge in [0.15, 0.2) is 0 Å². The smallest absolute Gasteiger partial charge is 0.0543 e. The molecule has 0 aliphatic rings.